The van der Waals surface area contributed by atoms with E-state index in [1.54, 1.807) is 0 Å². The van der Waals surface area contributed by atoms with Crippen LogP contribution in [0.2, 0.25) is 0 Å². The minimum Gasteiger partial charge on any atom is -0.492 e. The summed E-state index contributed by atoms with van der Waals surface area (Å²) >= 11 is 2.24. The van der Waals surface area contributed by atoms with Crippen LogP contribution < -0.4 is 16.2 Å². The van der Waals surface area contributed by atoms with Crippen molar-refractivity contribution in [3.05, 3.63) is 27.8 Å². The van der Waals surface area contributed by atoms with Crippen LogP contribution >= 0.6 is 39.6 Å². The van der Waals surface area contributed by atoms with Gasteiger partial charge in [-0.05, 0) is 48.6 Å². The molecule has 0 amide bonds. The molecule has 7 nitrogen and oxygen atoms in total. The van der Waals surface area contributed by atoms with Crippen LogP contribution in [0.15, 0.2) is 34.3 Å². The van der Waals surface area contributed by atoms with E-state index in [9.17, 15) is 0 Å². The van der Waals surface area contributed by atoms with Gasteiger partial charge in [-0.1, -0.05) is 12.1 Å². The number of hydrogen-bond donors (Lipinski definition) is 2. The number of guanidine groups is 2. The molecule has 1 aliphatic rings. The van der Waals surface area contributed by atoms with Crippen LogP contribution in [0.25, 0.3) is 0 Å². The SMILES string of the molecule is Br.CC1(C)N=C(N)N=C(N)N1OCCCOc1ccccc1I. The number of halogens is 2. The van der Waals surface area contributed by atoms with E-state index in [4.69, 9.17) is 21.0 Å². The predicted molar refractivity (Wildman–Crippen MR) is 105 cm³/mol. The fourth-order valence-corrected chi connectivity index (χ4v) is 2.52. The van der Waals surface area contributed by atoms with Crippen LogP contribution in [0, 0.1) is 3.57 Å². The van der Waals surface area contributed by atoms with Crippen LogP contribution in [0.5, 0.6) is 5.75 Å². The molecule has 0 aliphatic carbocycles. The van der Waals surface area contributed by atoms with E-state index in [0.29, 0.717) is 19.6 Å². The highest BCUT2D eigenvalue weighted by Gasteiger charge is 2.32. The van der Waals surface area contributed by atoms with Gasteiger partial charge >= 0.3 is 0 Å². The van der Waals surface area contributed by atoms with E-state index >= 15 is 0 Å². The van der Waals surface area contributed by atoms with E-state index in [0.717, 1.165) is 9.32 Å². The number of hydrogen-bond acceptors (Lipinski definition) is 7. The fourth-order valence-electron chi connectivity index (χ4n) is 1.98. The van der Waals surface area contributed by atoms with Crippen molar-refractivity contribution in [3.63, 3.8) is 0 Å². The van der Waals surface area contributed by atoms with Gasteiger partial charge in [0.05, 0.1) is 16.8 Å². The standard InChI is InChI=1S/C14H20IN5O2.BrH/c1-14(2)19-12(16)18-13(17)20(14)22-9-5-8-21-11-7-4-3-6-10(11)15;/h3-4,6-7H,5,8-9H2,1-2H3,(H4,16,17,18,19);1H. The molecule has 0 atom stereocenters. The monoisotopic (exact) mass is 497 g/mol. The zero-order valence-electron chi connectivity index (χ0n) is 13.0. The van der Waals surface area contributed by atoms with Crippen LogP contribution in [0.1, 0.15) is 20.3 Å². The Morgan fingerprint density at radius 3 is 2.57 bits per heavy atom. The Morgan fingerprint density at radius 2 is 1.91 bits per heavy atom. The third kappa shape index (κ3) is 5.50. The molecular weight excluding hydrogens is 477 g/mol. The van der Waals surface area contributed by atoms with Gasteiger partial charge < -0.3 is 16.2 Å². The first-order valence-corrected chi connectivity index (χ1v) is 7.98. The minimum absolute atomic E-state index is 0. The van der Waals surface area contributed by atoms with Crippen molar-refractivity contribution in [3.8, 4) is 5.75 Å². The Kier molecular flexibility index (Phi) is 7.55. The second-order valence-electron chi connectivity index (χ2n) is 5.19. The smallest absolute Gasteiger partial charge is 0.226 e. The molecule has 1 aromatic rings. The van der Waals surface area contributed by atoms with Gasteiger partial charge in [0.2, 0.25) is 11.9 Å². The van der Waals surface area contributed by atoms with E-state index in [2.05, 4.69) is 32.6 Å². The summed E-state index contributed by atoms with van der Waals surface area (Å²) in [5, 5.41) is 1.47. The summed E-state index contributed by atoms with van der Waals surface area (Å²) in [6.45, 7) is 4.70. The lowest BCUT2D eigenvalue weighted by Crippen LogP contribution is -2.53. The lowest BCUT2D eigenvalue weighted by molar-refractivity contribution is -0.158. The maximum Gasteiger partial charge on any atom is 0.226 e. The molecule has 0 bridgehead atoms. The van der Waals surface area contributed by atoms with Crippen molar-refractivity contribution in [1.82, 2.24) is 5.06 Å². The summed E-state index contributed by atoms with van der Waals surface area (Å²) < 4.78 is 6.79. The van der Waals surface area contributed by atoms with E-state index in [1.807, 2.05) is 38.1 Å². The van der Waals surface area contributed by atoms with Crippen molar-refractivity contribution in [2.75, 3.05) is 13.2 Å². The van der Waals surface area contributed by atoms with Crippen LogP contribution in [-0.4, -0.2) is 35.9 Å². The lowest BCUT2D eigenvalue weighted by Gasteiger charge is -2.36. The molecule has 23 heavy (non-hydrogen) atoms. The van der Waals surface area contributed by atoms with Gasteiger partial charge in [-0.2, -0.15) is 10.1 Å². The number of benzene rings is 1. The second-order valence-corrected chi connectivity index (χ2v) is 6.36. The zero-order valence-corrected chi connectivity index (χ0v) is 16.9. The van der Waals surface area contributed by atoms with Crippen LogP contribution in [-0.2, 0) is 4.84 Å². The van der Waals surface area contributed by atoms with Gasteiger partial charge in [0.15, 0.2) is 5.66 Å². The highest BCUT2D eigenvalue weighted by molar-refractivity contribution is 14.1. The Hall–Kier alpha value is -1.07. The molecule has 1 aromatic carbocycles. The molecule has 9 heteroatoms. The molecule has 0 radical (unpaired) electrons. The number of nitrogens with two attached hydrogens (primary N) is 2. The molecule has 4 N–H and O–H groups in total. The van der Waals surface area contributed by atoms with Gasteiger partial charge in [-0.25, -0.2) is 4.99 Å². The summed E-state index contributed by atoms with van der Waals surface area (Å²) in [7, 11) is 0. The van der Waals surface area contributed by atoms with Crippen LogP contribution in [0.3, 0.4) is 0 Å². The van der Waals surface area contributed by atoms with Gasteiger partial charge in [0, 0.05) is 6.42 Å². The minimum atomic E-state index is -0.675. The maximum atomic E-state index is 5.83. The normalized spacial score (nSPS) is 16.2. The molecule has 0 aromatic heterocycles. The average Bonchev–Trinajstić information content (AvgIpc) is 2.42. The summed E-state index contributed by atoms with van der Waals surface area (Å²) in [5.74, 6) is 1.24. The van der Waals surface area contributed by atoms with Crippen molar-refractivity contribution >= 4 is 51.5 Å². The number of nitrogens with zero attached hydrogens (tertiary/aromatic N) is 3. The Bertz CT molecular complexity index is 594. The van der Waals surface area contributed by atoms with Gasteiger partial charge in [0.25, 0.3) is 0 Å². The van der Waals surface area contributed by atoms with Gasteiger partial charge in [-0.3, -0.25) is 4.84 Å². The molecule has 0 saturated heterocycles. The topological polar surface area (TPSA) is 98.5 Å². The first kappa shape index (κ1) is 20.0. The third-order valence-corrected chi connectivity index (χ3v) is 3.82. The second kappa shape index (κ2) is 8.69. The molecule has 0 unspecified atom stereocenters. The molecule has 1 heterocycles. The molecule has 0 saturated carbocycles. The van der Waals surface area contributed by atoms with Gasteiger partial charge in [-0.15, -0.1) is 17.0 Å². The Balaban J connectivity index is 0.00000264. The number of aliphatic imine (C=N–C) groups is 2. The summed E-state index contributed by atoms with van der Waals surface area (Å²) in [4.78, 5) is 13.8. The molecular formula is C14H21BrIN5O2. The summed E-state index contributed by atoms with van der Waals surface area (Å²) in [6, 6.07) is 7.87. The molecule has 1 aliphatic heterocycles. The number of rotatable bonds is 6. The molecule has 128 valence electrons. The van der Waals surface area contributed by atoms with Gasteiger partial charge in [0.1, 0.15) is 5.75 Å². The summed E-state index contributed by atoms with van der Waals surface area (Å²) in [6.07, 6.45) is 0.712. The van der Waals surface area contributed by atoms with Crippen molar-refractivity contribution < 1.29 is 9.57 Å². The van der Waals surface area contributed by atoms with Crippen molar-refractivity contribution in [2.24, 2.45) is 21.5 Å². The number of ether oxygens (including phenoxy) is 1. The van der Waals surface area contributed by atoms with Crippen molar-refractivity contribution in [1.29, 1.82) is 0 Å². The first-order chi connectivity index (χ1) is 10.4. The first-order valence-electron chi connectivity index (χ1n) is 6.90. The third-order valence-electron chi connectivity index (χ3n) is 2.93. The van der Waals surface area contributed by atoms with E-state index in [-0.39, 0.29) is 28.9 Å². The van der Waals surface area contributed by atoms with E-state index in [1.165, 1.54) is 5.06 Å². The quantitative estimate of drug-likeness (QED) is 0.464. The molecule has 0 fully saturated rings. The van der Waals surface area contributed by atoms with Crippen molar-refractivity contribution in [2.45, 2.75) is 25.9 Å². The Labute approximate surface area is 160 Å². The highest BCUT2D eigenvalue weighted by atomic mass is 127. The zero-order chi connectivity index (χ0) is 16.2. The number of hydroxylamine groups is 2. The molecule has 0 spiro atoms. The largest absolute Gasteiger partial charge is 0.492 e. The summed E-state index contributed by atoms with van der Waals surface area (Å²) in [5.41, 5.74) is 10.8. The maximum absolute atomic E-state index is 5.83. The van der Waals surface area contributed by atoms with E-state index < -0.39 is 5.66 Å². The fraction of sp³-hybridized carbons (Fsp3) is 0.429. The molecule has 2 rings (SSSR count). The highest BCUT2D eigenvalue weighted by Crippen LogP contribution is 2.21. The lowest BCUT2D eigenvalue weighted by atomic mass is 10.2. The Morgan fingerprint density at radius 1 is 1.22 bits per heavy atom. The number of para-hydroxylation sites is 1. The predicted octanol–water partition coefficient (Wildman–Crippen LogP) is 2.25. The van der Waals surface area contributed by atoms with Crippen LogP contribution in [0.4, 0.5) is 0 Å². The average molecular weight is 498 g/mol.